The monoisotopic (exact) mass is 1310 g/mol. The number of allylic oxidation sites excluding steroid dienone is 9. The highest BCUT2D eigenvalue weighted by atomic mass is 31.2. The molecule has 0 bridgehead atoms. The molecule has 0 aromatic carbocycles. The number of phosphoric acid groups is 1. The molecule has 0 aromatic heterocycles. The number of nitrogens with zero attached hydrogens (tertiary/aromatic N) is 1. The summed E-state index contributed by atoms with van der Waals surface area (Å²) in [7, 11) is 1.57. The van der Waals surface area contributed by atoms with E-state index in [0.717, 1.165) is 51.4 Å². The van der Waals surface area contributed by atoms with E-state index in [1.807, 2.05) is 27.2 Å². The summed E-state index contributed by atoms with van der Waals surface area (Å²) in [6, 6.07) is -0.865. The highest BCUT2D eigenvalue weighted by Crippen LogP contribution is 2.43. The number of hydrogen-bond donors (Lipinski definition) is 3. The van der Waals surface area contributed by atoms with Crippen LogP contribution in [-0.2, 0) is 18.4 Å². The first-order chi connectivity index (χ1) is 45.0. The average Bonchev–Trinajstić information content (AvgIpc) is 2.63. The lowest BCUT2D eigenvalue weighted by Gasteiger charge is -2.25. The second-order valence-electron chi connectivity index (χ2n) is 29.1. The largest absolute Gasteiger partial charge is 0.472 e. The first-order valence-corrected chi connectivity index (χ1v) is 42.2. The van der Waals surface area contributed by atoms with Gasteiger partial charge in [0.1, 0.15) is 13.2 Å². The lowest BCUT2D eigenvalue weighted by atomic mass is 10.0. The maximum atomic E-state index is 13.1. The molecule has 0 fully saturated rings. The SMILES string of the molecule is CCCCCCC/C=C\C/C=C\C/C=C\CCCCCCCCCCCCCCCCCCCCCCCCCCCCC(=O)NC(COP(=O)(O)OCC[N+](C)(C)C)C(O)/C=C/CC/C=C/CCCCCCCCCCCCCCCCCCCCCCCCC. The third-order valence-corrected chi connectivity index (χ3v) is 19.7. The van der Waals surface area contributed by atoms with E-state index in [1.165, 1.54) is 340 Å². The van der Waals surface area contributed by atoms with E-state index < -0.39 is 20.0 Å². The van der Waals surface area contributed by atoms with E-state index in [2.05, 4.69) is 67.8 Å². The fourth-order valence-electron chi connectivity index (χ4n) is 12.4. The second-order valence-corrected chi connectivity index (χ2v) is 30.6. The molecule has 0 aromatic rings. The van der Waals surface area contributed by atoms with Gasteiger partial charge in [0.15, 0.2) is 0 Å². The summed E-state index contributed by atoms with van der Waals surface area (Å²) in [4.78, 5) is 23.5. The van der Waals surface area contributed by atoms with Gasteiger partial charge in [0, 0.05) is 6.42 Å². The summed E-state index contributed by atoms with van der Waals surface area (Å²) in [6.07, 6.45) is 103. The maximum absolute atomic E-state index is 13.1. The molecular weight excluding hydrogens is 1150 g/mol. The highest BCUT2D eigenvalue weighted by molar-refractivity contribution is 7.47. The molecule has 542 valence electrons. The van der Waals surface area contributed by atoms with E-state index in [0.29, 0.717) is 17.4 Å². The zero-order valence-corrected chi connectivity index (χ0v) is 63.2. The Hall–Kier alpha value is -1.80. The van der Waals surface area contributed by atoms with Crippen molar-refractivity contribution in [2.75, 3.05) is 40.9 Å². The molecule has 0 rings (SSSR count). The van der Waals surface area contributed by atoms with Crippen molar-refractivity contribution in [2.24, 2.45) is 0 Å². The van der Waals surface area contributed by atoms with Crippen molar-refractivity contribution in [1.82, 2.24) is 5.32 Å². The number of likely N-dealkylation sites (N-methyl/N-ethyl adjacent to an activating group) is 1. The van der Waals surface area contributed by atoms with Gasteiger partial charge in [-0.3, -0.25) is 13.8 Å². The van der Waals surface area contributed by atoms with Crippen LogP contribution in [0.3, 0.4) is 0 Å². The molecule has 3 unspecified atom stereocenters. The summed E-state index contributed by atoms with van der Waals surface area (Å²) in [5.41, 5.74) is 0. The van der Waals surface area contributed by atoms with Crippen molar-refractivity contribution in [3.63, 3.8) is 0 Å². The van der Waals surface area contributed by atoms with Gasteiger partial charge in [0.25, 0.3) is 0 Å². The van der Waals surface area contributed by atoms with Crippen molar-refractivity contribution in [2.45, 2.75) is 424 Å². The van der Waals surface area contributed by atoms with E-state index in [1.54, 1.807) is 6.08 Å². The Morgan fingerprint density at radius 1 is 0.370 bits per heavy atom. The number of quaternary nitrogens is 1. The normalized spacial score (nSPS) is 13.8. The van der Waals surface area contributed by atoms with Crippen LogP contribution in [0, 0.1) is 0 Å². The number of phosphoric ester groups is 1. The van der Waals surface area contributed by atoms with Gasteiger partial charge in [0.05, 0.1) is 39.9 Å². The van der Waals surface area contributed by atoms with Crippen molar-refractivity contribution in [3.05, 3.63) is 60.8 Å². The first kappa shape index (κ1) is 90.2. The molecule has 0 aliphatic heterocycles. The van der Waals surface area contributed by atoms with Crippen LogP contribution in [0.25, 0.3) is 0 Å². The second kappa shape index (κ2) is 73.4. The number of nitrogens with one attached hydrogen (secondary N) is 1. The summed E-state index contributed by atoms with van der Waals surface area (Å²) >= 11 is 0. The van der Waals surface area contributed by atoms with Gasteiger partial charge in [0.2, 0.25) is 5.91 Å². The number of carbonyl (C=O) groups is 1. The number of rotatable bonds is 76. The predicted octanol–water partition coefficient (Wildman–Crippen LogP) is 26.7. The van der Waals surface area contributed by atoms with Crippen LogP contribution < -0.4 is 5.32 Å². The third-order valence-electron chi connectivity index (χ3n) is 18.7. The van der Waals surface area contributed by atoms with Crippen LogP contribution in [0.15, 0.2) is 60.8 Å². The first-order valence-electron chi connectivity index (χ1n) is 40.7. The number of amides is 1. The van der Waals surface area contributed by atoms with Crippen molar-refractivity contribution in [1.29, 1.82) is 0 Å². The van der Waals surface area contributed by atoms with Crippen LogP contribution in [0.2, 0.25) is 0 Å². The standard InChI is InChI=1S/C83H159N2O6P/c1-6-8-10-12-14-16-18-20-22-24-26-28-30-32-34-36-37-38-39-40-41-42-43-44-45-46-47-49-51-53-55-57-59-61-63-65-67-69-71-73-75-77-83(87)84-81(80-91-92(88,89)90-79-78-85(3,4)5)82(86)76-74-72-70-68-66-64-62-60-58-56-54-52-50-48-35-33-31-29-27-25-23-21-19-17-15-13-11-9-7-2/h18,20,24,26,30,32,66,68,74,76,81-82,86H,6-17,19,21-23,25,27-29,31,33-65,67,69-73,75,77-80H2,1-5H3,(H-,84,87,88,89)/p+1/b20-18-,26-24-,32-30-,68-66+,76-74+. The lowest BCUT2D eigenvalue weighted by Crippen LogP contribution is -2.45. The smallest absolute Gasteiger partial charge is 0.387 e. The van der Waals surface area contributed by atoms with Crippen LogP contribution >= 0.6 is 7.82 Å². The van der Waals surface area contributed by atoms with Crippen LogP contribution in [0.1, 0.15) is 412 Å². The molecule has 3 N–H and O–H groups in total. The third kappa shape index (κ3) is 75.6. The quantitative estimate of drug-likeness (QED) is 0.0243. The van der Waals surface area contributed by atoms with Crippen LogP contribution in [0.5, 0.6) is 0 Å². The Morgan fingerprint density at radius 3 is 0.946 bits per heavy atom. The van der Waals surface area contributed by atoms with Gasteiger partial charge in [-0.25, -0.2) is 4.57 Å². The molecule has 1 amide bonds. The van der Waals surface area contributed by atoms with Gasteiger partial charge < -0.3 is 19.8 Å². The Balaban J connectivity index is 3.94. The molecule has 0 aliphatic carbocycles. The minimum absolute atomic E-state index is 0.0574. The Bertz CT molecular complexity index is 1690. The van der Waals surface area contributed by atoms with E-state index in [4.69, 9.17) is 9.05 Å². The van der Waals surface area contributed by atoms with Crippen molar-refractivity contribution in [3.8, 4) is 0 Å². The van der Waals surface area contributed by atoms with Crippen molar-refractivity contribution >= 4 is 13.7 Å². The number of aliphatic hydroxyl groups is 1. The molecule has 0 aliphatic rings. The minimum Gasteiger partial charge on any atom is -0.387 e. The average molecular weight is 1310 g/mol. The van der Waals surface area contributed by atoms with Crippen LogP contribution in [-0.4, -0.2) is 73.4 Å². The van der Waals surface area contributed by atoms with E-state index in [-0.39, 0.29) is 19.1 Å². The van der Waals surface area contributed by atoms with Gasteiger partial charge in [-0.05, 0) is 70.6 Å². The van der Waals surface area contributed by atoms with Gasteiger partial charge in [-0.15, -0.1) is 0 Å². The Morgan fingerprint density at radius 2 is 0.630 bits per heavy atom. The summed E-state index contributed by atoms with van der Waals surface area (Å²) in [5, 5.41) is 14.0. The molecule has 0 saturated heterocycles. The zero-order chi connectivity index (χ0) is 66.9. The maximum Gasteiger partial charge on any atom is 0.472 e. The molecule has 0 spiro atoms. The van der Waals surface area contributed by atoms with E-state index >= 15 is 0 Å². The molecular formula is C83H160N2O6P+. The Kier molecular flexibility index (Phi) is 72.0. The van der Waals surface area contributed by atoms with E-state index in [9.17, 15) is 19.4 Å². The molecule has 0 heterocycles. The number of aliphatic hydroxyl groups excluding tert-OH is 1. The minimum atomic E-state index is -4.37. The van der Waals surface area contributed by atoms with Crippen molar-refractivity contribution < 1.29 is 32.9 Å². The number of unbranched alkanes of at least 4 members (excludes halogenated alkanes) is 55. The zero-order valence-electron chi connectivity index (χ0n) is 62.3. The van der Waals surface area contributed by atoms with Gasteiger partial charge in [-0.2, -0.15) is 0 Å². The predicted molar refractivity (Wildman–Crippen MR) is 406 cm³/mol. The molecule has 3 atom stereocenters. The number of carbonyl (C=O) groups excluding carboxylic acids is 1. The molecule has 9 heteroatoms. The highest BCUT2D eigenvalue weighted by Gasteiger charge is 2.28. The summed E-state index contributed by atoms with van der Waals surface area (Å²) in [6.45, 7) is 4.84. The molecule has 92 heavy (non-hydrogen) atoms. The molecule has 8 nitrogen and oxygen atoms in total. The fraction of sp³-hybridized carbons (Fsp3) is 0.867. The molecule has 0 radical (unpaired) electrons. The number of hydrogen-bond acceptors (Lipinski definition) is 5. The van der Waals surface area contributed by atoms with Gasteiger partial charge >= 0.3 is 7.82 Å². The van der Waals surface area contributed by atoms with Crippen LogP contribution in [0.4, 0.5) is 0 Å². The topological polar surface area (TPSA) is 105 Å². The summed E-state index contributed by atoms with van der Waals surface area (Å²) in [5.74, 6) is -0.179. The molecule has 0 saturated carbocycles. The lowest BCUT2D eigenvalue weighted by molar-refractivity contribution is -0.870. The summed E-state index contributed by atoms with van der Waals surface area (Å²) < 4.78 is 23.9. The van der Waals surface area contributed by atoms with Gasteiger partial charge in [-0.1, -0.05) is 396 Å². The Labute approximate surface area is 574 Å². The fourth-order valence-corrected chi connectivity index (χ4v) is 13.2.